The maximum absolute atomic E-state index is 12.5. The average Bonchev–Trinajstić information content (AvgIpc) is 2.72. The normalized spacial score (nSPS) is 14.0. The molecule has 0 saturated carbocycles. The first-order valence-corrected chi connectivity index (χ1v) is 8.55. The minimum Gasteiger partial charge on any atom is -0.497 e. The number of hydrogen-bond acceptors (Lipinski definition) is 4. The minimum atomic E-state index is -0.211. The van der Waals surface area contributed by atoms with Crippen molar-refractivity contribution < 1.29 is 19.1 Å². The second kappa shape index (κ2) is 8.49. The summed E-state index contributed by atoms with van der Waals surface area (Å²) in [4.78, 5) is 26.7. The standard InChI is InChI=1S/C20H22N2O4/c1-25-18-7-5-15(6-8-18)14-21-19(23)16-3-2-4-17(13-16)20(24)22-9-11-26-12-10-22/h2-8,13H,9-12,14H2,1H3,(H,21,23). The number of rotatable bonds is 5. The zero-order valence-corrected chi connectivity index (χ0v) is 14.7. The first kappa shape index (κ1) is 17.9. The monoisotopic (exact) mass is 354 g/mol. The lowest BCUT2D eigenvalue weighted by Crippen LogP contribution is -2.40. The number of carbonyl (C=O) groups is 2. The molecule has 2 aromatic rings. The van der Waals surface area contributed by atoms with Gasteiger partial charge in [-0.05, 0) is 35.9 Å². The molecular weight excluding hydrogens is 332 g/mol. The van der Waals surface area contributed by atoms with E-state index in [4.69, 9.17) is 9.47 Å². The summed E-state index contributed by atoms with van der Waals surface area (Å²) in [6.07, 6.45) is 0. The molecule has 2 amide bonds. The molecule has 0 aliphatic carbocycles. The Balaban J connectivity index is 1.62. The van der Waals surface area contributed by atoms with E-state index in [1.54, 1.807) is 36.3 Å². The van der Waals surface area contributed by atoms with Crippen molar-refractivity contribution in [3.63, 3.8) is 0 Å². The third kappa shape index (κ3) is 4.40. The summed E-state index contributed by atoms with van der Waals surface area (Å²) in [6.45, 7) is 2.66. The van der Waals surface area contributed by atoms with Crippen LogP contribution in [0.15, 0.2) is 48.5 Å². The predicted molar refractivity (Wildman–Crippen MR) is 97.3 cm³/mol. The molecule has 3 rings (SSSR count). The number of hydrogen-bond donors (Lipinski definition) is 1. The van der Waals surface area contributed by atoms with Crippen LogP contribution in [0, 0.1) is 0 Å². The lowest BCUT2D eigenvalue weighted by molar-refractivity contribution is 0.0303. The van der Waals surface area contributed by atoms with Gasteiger partial charge in [-0.15, -0.1) is 0 Å². The van der Waals surface area contributed by atoms with Gasteiger partial charge in [0.1, 0.15) is 5.75 Å². The van der Waals surface area contributed by atoms with Gasteiger partial charge in [0.2, 0.25) is 0 Å². The van der Waals surface area contributed by atoms with E-state index in [2.05, 4.69) is 5.32 Å². The molecule has 0 spiro atoms. The van der Waals surface area contributed by atoms with Crippen LogP contribution in [0.2, 0.25) is 0 Å². The van der Waals surface area contributed by atoms with Crippen LogP contribution in [-0.2, 0) is 11.3 Å². The van der Waals surface area contributed by atoms with Gasteiger partial charge in [-0.3, -0.25) is 9.59 Å². The van der Waals surface area contributed by atoms with Crippen LogP contribution in [0.3, 0.4) is 0 Å². The topological polar surface area (TPSA) is 67.9 Å². The SMILES string of the molecule is COc1ccc(CNC(=O)c2cccc(C(=O)N3CCOCC3)c2)cc1. The van der Waals surface area contributed by atoms with Crippen molar-refractivity contribution in [2.75, 3.05) is 33.4 Å². The van der Waals surface area contributed by atoms with Gasteiger partial charge in [0.05, 0.1) is 20.3 Å². The minimum absolute atomic E-state index is 0.0712. The highest BCUT2D eigenvalue weighted by Gasteiger charge is 2.19. The van der Waals surface area contributed by atoms with E-state index in [1.165, 1.54) is 0 Å². The number of benzene rings is 2. The van der Waals surface area contributed by atoms with Gasteiger partial charge < -0.3 is 19.7 Å². The number of amides is 2. The molecule has 0 radical (unpaired) electrons. The lowest BCUT2D eigenvalue weighted by atomic mass is 10.1. The molecular formula is C20H22N2O4. The van der Waals surface area contributed by atoms with Crippen molar-refractivity contribution >= 4 is 11.8 Å². The van der Waals surface area contributed by atoms with Gasteiger partial charge in [0.25, 0.3) is 11.8 Å². The summed E-state index contributed by atoms with van der Waals surface area (Å²) >= 11 is 0. The van der Waals surface area contributed by atoms with Crippen LogP contribution in [0.5, 0.6) is 5.75 Å². The molecule has 2 aromatic carbocycles. The zero-order valence-electron chi connectivity index (χ0n) is 14.7. The average molecular weight is 354 g/mol. The maximum atomic E-state index is 12.5. The van der Waals surface area contributed by atoms with E-state index in [0.29, 0.717) is 44.0 Å². The Kier molecular flexibility index (Phi) is 5.86. The highest BCUT2D eigenvalue weighted by atomic mass is 16.5. The molecule has 6 nitrogen and oxygen atoms in total. The van der Waals surface area contributed by atoms with Crippen molar-refractivity contribution in [1.29, 1.82) is 0 Å². The predicted octanol–water partition coefficient (Wildman–Crippen LogP) is 2.10. The quantitative estimate of drug-likeness (QED) is 0.893. The van der Waals surface area contributed by atoms with Crippen LogP contribution in [0.25, 0.3) is 0 Å². The Bertz CT molecular complexity index is 768. The van der Waals surface area contributed by atoms with E-state index in [9.17, 15) is 9.59 Å². The third-order valence-corrected chi connectivity index (χ3v) is 4.28. The van der Waals surface area contributed by atoms with E-state index in [1.807, 2.05) is 24.3 Å². The summed E-state index contributed by atoms with van der Waals surface area (Å²) in [5.74, 6) is 0.491. The first-order valence-electron chi connectivity index (χ1n) is 8.55. The van der Waals surface area contributed by atoms with Gasteiger partial charge in [0, 0.05) is 30.8 Å². The van der Waals surface area contributed by atoms with Crippen LogP contribution < -0.4 is 10.1 Å². The number of methoxy groups -OCH3 is 1. The number of nitrogens with zero attached hydrogens (tertiary/aromatic N) is 1. The Morgan fingerprint density at radius 1 is 1.08 bits per heavy atom. The van der Waals surface area contributed by atoms with Gasteiger partial charge in [-0.1, -0.05) is 18.2 Å². The number of carbonyl (C=O) groups excluding carboxylic acids is 2. The molecule has 6 heteroatoms. The Morgan fingerprint density at radius 2 is 1.77 bits per heavy atom. The van der Waals surface area contributed by atoms with Gasteiger partial charge in [-0.25, -0.2) is 0 Å². The van der Waals surface area contributed by atoms with Crippen LogP contribution in [-0.4, -0.2) is 50.1 Å². The highest BCUT2D eigenvalue weighted by Crippen LogP contribution is 2.13. The molecule has 1 heterocycles. The van der Waals surface area contributed by atoms with Crippen molar-refractivity contribution in [2.24, 2.45) is 0 Å². The molecule has 1 aliphatic heterocycles. The maximum Gasteiger partial charge on any atom is 0.254 e. The first-order chi connectivity index (χ1) is 12.7. The van der Waals surface area contributed by atoms with Gasteiger partial charge in [-0.2, -0.15) is 0 Å². The number of nitrogens with one attached hydrogen (secondary N) is 1. The highest BCUT2D eigenvalue weighted by molar-refractivity contribution is 5.99. The van der Waals surface area contributed by atoms with Crippen molar-refractivity contribution in [3.05, 3.63) is 65.2 Å². The fraction of sp³-hybridized carbons (Fsp3) is 0.300. The summed E-state index contributed by atoms with van der Waals surface area (Å²) in [7, 11) is 1.61. The Hall–Kier alpha value is -2.86. The zero-order chi connectivity index (χ0) is 18.4. The molecule has 1 aliphatic rings. The van der Waals surface area contributed by atoms with Crippen molar-refractivity contribution in [3.8, 4) is 5.75 Å². The van der Waals surface area contributed by atoms with E-state index >= 15 is 0 Å². The summed E-state index contributed by atoms with van der Waals surface area (Å²) in [6, 6.07) is 14.3. The smallest absolute Gasteiger partial charge is 0.254 e. The summed E-state index contributed by atoms with van der Waals surface area (Å²) in [5.41, 5.74) is 1.96. The molecule has 26 heavy (non-hydrogen) atoms. The summed E-state index contributed by atoms with van der Waals surface area (Å²) in [5, 5.41) is 2.87. The van der Waals surface area contributed by atoms with Crippen molar-refractivity contribution in [1.82, 2.24) is 10.2 Å². The molecule has 0 atom stereocenters. The molecule has 1 saturated heterocycles. The molecule has 1 N–H and O–H groups in total. The summed E-state index contributed by atoms with van der Waals surface area (Å²) < 4.78 is 10.4. The fourth-order valence-corrected chi connectivity index (χ4v) is 2.77. The van der Waals surface area contributed by atoms with E-state index in [-0.39, 0.29) is 11.8 Å². The molecule has 1 fully saturated rings. The van der Waals surface area contributed by atoms with Gasteiger partial charge >= 0.3 is 0 Å². The van der Waals surface area contributed by atoms with Crippen molar-refractivity contribution in [2.45, 2.75) is 6.54 Å². The molecule has 136 valence electrons. The fourth-order valence-electron chi connectivity index (χ4n) is 2.77. The van der Waals surface area contributed by atoms with E-state index < -0.39 is 0 Å². The van der Waals surface area contributed by atoms with Crippen LogP contribution in [0.1, 0.15) is 26.3 Å². The number of ether oxygens (including phenoxy) is 2. The number of morpholine rings is 1. The van der Waals surface area contributed by atoms with Crippen LogP contribution in [0.4, 0.5) is 0 Å². The third-order valence-electron chi connectivity index (χ3n) is 4.28. The molecule has 0 bridgehead atoms. The molecule has 0 aromatic heterocycles. The second-order valence-electron chi connectivity index (χ2n) is 6.02. The lowest BCUT2D eigenvalue weighted by Gasteiger charge is -2.27. The van der Waals surface area contributed by atoms with Gasteiger partial charge in [0.15, 0.2) is 0 Å². The largest absolute Gasteiger partial charge is 0.497 e. The second-order valence-corrected chi connectivity index (χ2v) is 6.02. The van der Waals surface area contributed by atoms with E-state index in [0.717, 1.165) is 11.3 Å². The molecule has 0 unspecified atom stereocenters. The Morgan fingerprint density at radius 3 is 2.46 bits per heavy atom. The Labute approximate surface area is 152 Å². The van der Waals surface area contributed by atoms with Crippen LogP contribution >= 0.6 is 0 Å².